The Kier molecular flexibility index (Phi) is 3.66. The van der Waals surface area contributed by atoms with Crippen LogP contribution in [0, 0.1) is 0 Å². The number of hydrogen-bond donors (Lipinski definition) is 2. The second kappa shape index (κ2) is 5.04. The first-order chi connectivity index (χ1) is 8.11. The van der Waals surface area contributed by atoms with E-state index in [1.807, 2.05) is 18.2 Å². The maximum Gasteiger partial charge on any atom is 0.123 e. The second-order valence-corrected chi connectivity index (χ2v) is 4.87. The van der Waals surface area contributed by atoms with Gasteiger partial charge in [0, 0.05) is 31.7 Å². The Morgan fingerprint density at radius 3 is 3.00 bits per heavy atom. The van der Waals surface area contributed by atoms with Crippen molar-refractivity contribution in [3.8, 4) is 5.75 Å². The van der Waals surface area contributed by atoms with Crippen molar-refractivity contribution in [2.24, 2.45) is 5.73 Å². The number of aliphatic hydroxyl groups is 1. The minimum Gasteiger partial charge on any atom is -0.492 e. The van der Waals surface area contributed by atoms with Crippen molar-refractivity contribution >= 4 is 0 Å². The van der Waals surface area contributed by atoms with Crippen LogP contribution in [-0.4, -0.2) is 41.8 Å². The minimum absolute atomic E-state index is 0.270. The third-order valence-corrected chi connectivity index (χ3v) is 3.04. The van der Waals surface area contributed by atoms with Gasteiger partial charge in [0.1, 0.15) is 12.4 Å². The van der Waals surface area contributed by atoms with E-state index < -0.39 is 5.60 Å². The highest BCUT2D eigenvalue weighted by Gasteiger charge is 2.24. The number of β-amino-alcohol motifs (C(OH)–C–C–N with tert-alkyl or cyclic N) is 1. The van der Waals surface area contributed by atoms with E-state index in [0.717, 1.165) is 24.4 Å². The average Bonchev–Trinajstić information content (AvgIpc) is 2.50. The summed E-state index contributed by atoms with van der Waals surface area (Å²) in [6.07, 6.45) is 0. The van der Waals surface area contributed by atoms with Crippen molar-refractivity contribution in [3.63, 3.8) is 0 Å². The van der Waals surface area contributed by atoms with E-state index in [1.165, 1.54) is 0 Å². The fourth-order valence-electron chi connectivity index (χ4n) is 2.06. The summed E-state index contributed by atoms with van der Waals surface area (Å²) >= 11 is 0. The van der Waals surface area contributed by atoms with Crippen LogP contribution in [0.25, 0.3) is 0 Å². The fraction of sp³-hybridized carbons (Fsp3) is 0.538. The SMILES string of the molecule is CC(O)(CN)CN1CCOc2ccccc2C1. The molecular formula is C13H20N2O2. The van der Waals surface area contributed by atoms with Crippen LogP contribution in [0.4, 0.5) is 0 Å². The number of rotatable bonds is 3. The molecule has 1 heterocycles. The molecule has 1 aliphatic rings. The lowest BCUT2D eigenvalue weighted by molar-refractivity contribution is 0.0236. The Morgan fingerprint density at radius 1 is 1.47 bits per heavy atom. The highest BCUT2D eigenvalue weighted by atomic mass is 16.5. The largest absolute Gasteiger partial charge is 0.492 e. The number of ether oxygens (including phenoxy) is 1. The number of nitrogens with zero attached hydrogens (tertiary/aromatic N) is 1. The first kappa shape index (κ1) is 12.4. The number of para-hydroxylation sites is 1. The molecule has 0 amide bonds. The smallest absolute Gasteiger partial charge is 0.123 e. The number of benzene rings is 1. The standard InChI is InChI=1S/C13H20N2O2/c1-13(16,9-14)10-15-6-7-17-12-5-3-2-4-11(12)8-15/h2-5,16H,6-10,14H2,1H3. The highest BCUT2D eigenvalue weighted by Crippen LogP contribution is 2.23. The first-order valence-corrected chi connectivity index (χ1v) is 5.96. The molecule has 0 saturated heterocycles. The molecule has 4 heteroatoms. The van der Waals surface area contributed by atoms with Gasteiger partial charge in [-0.3, -0.25) is 4.90 Å². The normalized spacial score (nSPS) is 19.9. The van der Waals surface area contributed by atoms with Gasteiger partial charge in [-0.15, -0.1) is 0 Å². The maximum absolute atomic E-state index is 10.0. The van der Waals surface area contributed by atoms with E-state index in [0.29, 0.717) is 13.2 Å². The van der Waals surface area contributed by atoms with Crippen molar-refractivity contribution in [1.82, 2.24) is 4.90 Å². The van der Waals surface area contributed by atoms with E-state index >= 15 is 0 Å². The lowest BCUT2D eigenvalue weighted by Gasteiger charge is -2.29. The van der Waals surface area contributed by atoms with Gasteiger partial charge in [-0.1, -0.05) is 18.2 Å². The Hall–Kier alpha value is -1.10. The molecule has 1 aromatic rings. The van der Waals surface area contributed by atoms with E-state index in [9.17, 15) is 5.11 Å². The third kappa shape index (κ3) is 3.19. The summed E-state index contributed by atoms with van der Waals surface area (Å²) in [5.74, 6) is 0.947. The molecule has 0 radical (unpaired) electrons. The summed E-state index contributed by atoms with van der Waals surface area (Å²) in [4.78, 5) is 2.18. The minimum atomic E-state index is -0.834. The van der Waals surface area contributed by atoms with Crippen LogP contribution in [0.3, 0.4) is 0 Å². The van der Waals surface area contributed by atoms with Gasteiger partial charge < -0.3 is 15.6 Å². The van der Waals surface area contributed by atoms with Gasteiger partial charge in [-0.05, 0) is 13.0 Å². The van der Waals surface area contributed by atoms with Gasteiger partial charge >= 0.3 is 0 Å². The van der Waals surface area contributed by atoms with Crippen LogP contribution in [0.1, 0.15) is 12.5 Å². The number of nitrogens with two attached hydrogens (primary N) is 1. The Labute approximate surface area is 102 Å². The molecule has 0 fully saturated rings. The molecule has 3 N–H and O–H groups in total. The van der Waals surface area contributed by atoms with Crippen LogP contribution in [0.15, 0.2) is 24.3 Å². The quantitative estimate of drug-likeness (QED) is 0.806. The molecule has 4 nitrogen and oxygen atoms in total. The fourth-order valence-corrected chi connectivity index (χ4v) is 2.06. The molecular weight excluding hydrogens is 216 g/mol. The Balaban J connectivity index is 2.08. The first-order valence-electron chi connectivity index (χ1n) is 5.96. The van der Waals surface area contributed by atoms with Crippen LogP contribution in [0.5, 0.6) is 5.75 Å². The zero-order chi connectivity index (χ0) is 12.3. The summed E-state index contributed by atoms with van der Waals surface area (Å²) in [7, 11) is 0. The predicted molar refractivity (Wildman–Crippen MR) is 66.9 cm³/mol. The number of hydrogen-bond acceptors (Lipinski definition) is 4. The summed E-state index contributed by atoms with van der Waals surface area (Å²) < 4.78 is 5.67. The van der Waals surface area contributed by atoms with Crippen LogP contribution in [0.2, 0.25) is 0 Å². The van der Waals surface area contributed by atoms with Crippen LogP contribution >= 0.6 is 0 Å². The van der Waals surface area contributed by atoms with E-state index in [2.05, 4.69) is 11.0 Å². The Morgan fingerprint density at radius 2 is 2.24 bits per heavy atom. The lowest BCUT2D eigenvalue weighted by atomic mass is 10.1. The van der Waals surface area contributed by atoms with E-state index in [1.54, 1.807) is 6.92 Å². The van der Waals surface area contributed by atoms with Gasteiger partial charge in [-0.2, -0.15) is 0 Å². The zero-order valence-corrected chi connectivity index (χ0v) is 10.2. The maximum atomic E-state index is 10.0. The van der Waals surface area contributed by atoms with Crippen molar-refractivity contribution in [1.29, 1.82) is 0 Å². The van der Waals surface area contributed by atoms with Crippen LogP contribution < -0.4 is 10.5 Å². The molecule has 0 spiro atoms. The predicted octanol–water partition coefficient (Wildman–Crippen LogP) is 0.591. The molecule has 17 heavy (non-hydrogen) atoms. The molecule has 1 unspecified atom stereocenters. The van der Waals surface area contributed by atoms with Gasteiger partial charge in [0.2, 0.25) is 0 Å². The molecule has 0 bridgehead atoms. The molecule has 1 aromatic carbocycles. The monoisotopic (exact) mass is 236 g/mol. The highest BCUT2D eigenvalue weighted by molar-refractivity contribution is 5.33. The van der Waals surface area contributed by atoms with Gasteiger partial charge in [0.15, 0.2) is 0 Å². The van der Waals surface area contributed by atoms with E-state index in [-0.39, 0.29) is 6.54 Å². The second-order valence-electron chi connectivity index (χ2n) is 4.87. The van der Waals surface area contributed by atoms with Gasteiger partial charge in [0.25, 0.3) is 0 Å². The van der Waals surface area contributed by atoms with Gasteiger partial charge in [0.05, 0.1) is 5.60 Å². The van der Waals surface area contributed by atoms with Crippen molar-refractivity contribution < 1.29 is 9.84 Å². The van der Waals surface area contributed by atoms with Crippen molar-refractivity contribution in [2.45, 2.75) is 19.1 Å². The molecule has 0 saturated carbocycles. The van der Waals surface area contributed by atoms with E-state index in [4.69, 9.17) is 10.5 Å². The molecule has 2 rings (SSSR count). The Bertz CT molecular complexity index is 379. The summed E-state index contributed by atoms with van der Waals surface area (Å²) in [6, 6.07) is 8.03. The molecule has 0 aliphatic carbocycles. The van der Waals surface area contributed by atoms with Crippen LogP contribution in [-0.2, 0) is 6.54 Å². The van der Waals surface area contributed by atoms with Gasteiger partial charge in [-0.25, -0.2) is 0 Å². The third-order valence-electron chi connectivity index (χ3n) is 3.04. The summed E-state index contributed by atoms with van der Waals surface area (Å²) in [5, 5.41) is 10.0. The summed E-state index contributed by atoms with van der Waals surface area (Å²) in [6.45, 7) is 4.87. The summed E-state index contributed by atoms with van der Waals surface area (Å²) in [5.41, 5.74) is 5.88. The topological polar surface area (TPSA) is 58.7 Å². The molecule has 94 valence electrons. The van der Waals surface area contributed by atoms with Crippen molar-refractivity contribution in [2.75, 3.05) is 26.2 Å². The molecule has 0 aromatic heterocycles. The average molecular weight is 236 g/mol. The molecule has 1 aliphatic heterocycles. The zero-order valence-electron chi connectivity index (χ0n) is 10.2. The molecule has 1 atom stereocenters. The lowest BCUT2D eigenvalue weighted by Crippen LogP contribution is -2.46. The van der Waals surface area contributed by atoms with Crippen molar-refractivity contribution in [3.05, 3.63) is 29.8 Å². The number of fused-ring (bicyclic) bond motifs is 1.